The molecule has 0 saturated carbocycles. The third-order valence-corrected chi connectivity index (χ3v) is 6.68. The Hall–Kier alpha value is -4.67. The van der Waals surface area contributed by atoms with Crippen molar-refractivity contribution in [2.24, 2.45) is 0 Å². The molecule has 11 heteroatoms. The van der Waals surface area contributed by atoms with E-state index in [0.717, 1.165) is 29.0 Å². The minimum Gasteiger partial charge on any atom is -0.349 e. The molecule has 36 heavy (non-hydrogen) atoms. The molecule has 7 rings (SSSR count). The topological polar surface area (TPSA) is 104 Å². The number of aromatic nitrogens is 8. The lowest BCUT2D eigenvalue weighted by Crippen LogP contribution is -2.24. The van der Waals surface area contributed by atoms with Crippen molar-refractivity contribution in [3.05, 3.63) is 78.3 Å². The van der Waals surface area contributed by atoms with E-state index < -0.39 is 11.6 Å². The molecule has 1 saturated heterocycles. The van der Waals surface area contributed by atoms with Crippen LogP contribution in [0.2, 0.25) is 0 Å². The summed E-state index contributed by atoms with van der Waals surface area (Å²) < 4.78 is 30.1. The molecule has 9 nitrogen and oxygen atoms in total. The third kappa shape index (κ3) is 3.31. The quantitative estimate of drug-likeness (QED) is 0.378. The maximum atomic E-state index is 14.6. The summed E-state index contributed by atoms with van der Waals surface area (Å²) in [7, 11) is 0. The van der Waals surface area contributed by atoms with Gasteiger partial charge in [-0.15, -0.1) is 10.2 Å². The molecule has 6 aromatic rings. The van der Waals surface area contributed by atoms with Crippen LogP contribution in [0.5, 0.6) is 0 Å². The van der Waals surface area contributed by atoms with Gasteiger partial charge < -0.3 is 9.88 Å². The van der Waals surface area contributed by atoms with Crippen LogP contribution in [-0.4, -0.2) is 46.5 Å². The molecule has 1 aliphatic rings. The SMILES string of the molecule is Fc1ccc(F)c([C@H]2CCCN2c2ccn3ncc(-c4nnc(-c5ccc6cn[nH]c6c5)[nH]4)c3n2)c1. The largest absolute Gasteiger partial charge is 0.349 e. The number of hydrogen-bond acceptors (Lipinski definition) is 6. The molecule has 4 aromatic heterocycles. The Bertz CT molecular complexity index is 1730. The van der Waals surface area contributed by atoms with Crippen molar-refractivity contribution in [2.75, 3.05) is 11.4 Å². The summed E-state index contributed by atoms with van der Waals surface area (Å²) in [5.74, 6) is 0.941. The minimum atomic E-state index is -0.451. The summed E-state index contributed by atoms with van der Waals surface area (Å²) in [4.78, 5) is 10.1. The Morgan fingerprint density at radius 3 is 2.83 bits per heavy atom. The second-order valence-electron chi connectivity index (χ2n) is 8.82. The van der Waals surface area contributed by atoms with Gasteiger partial charge in [-0.2, -0.15) is 10.2 Å². The van der Waals surface area contributed by atoms with Crippen molar-refractivity contribution in [1.82, 2.24) is 40.0 Å². The minimum absolute atomic E-state index is 0.295. The van der Waals surface area contributed by atoms with Gasteiger partial charge >= 0.3 is 0 Å². The smallest absolute Gasteiger partial charge is 0.168 e. The predicted octanol–water partition coefficient (Wildman–Crippen LogP) is 4.68. The standard InChI is InChI=1S/C25H19F2N9/c26-16-5-6-19(27)17(11-16)21-2-1-8-35(21)22-7-9-36-25(30-22)18(13-29-36)24-31-23(33-34-24)14-3-4-15-12-28-32-20(15)10-14/h3-7,9-13,21H,1-2,8H2,(H,28,32)(H,31,33,34)/t21-/m1/s1. The lowest BCUT2D eigenvalue weighted by atomic mass is 10.0. The normalized spacial score (nSPS) is 15.9. The molecule has 0 aliphatic carbocycles. The molecular formula is C25H19F2N9. The number of anilines is 1. The molecule has 0 unspecified atom stereocenters. The van der Waals surface area contributed by atoms with Crippen molar-refractivity contribution >= 4 is 22.4 Å². The van der Waals surface area contributed by atoms with Gasteiger partial charge in [0.2, 0.25) is 0 Å². The second-order valence-corrected chi connectivity index (χ2v) is 8.82. The molecule has 0 bridgehead atoms. The fourth-order valence-electron chi connectivity index (χ4n) is 4.92. The first-order valence-corrected chi connectivity index (χ1v) is 11.6. The van der Waals surface area contributed by atoms with E-state index >= 15 is 0 Å². The zero-order valence-corrected chi connectivity index (χ0v) is 18.9. The highest BCUT2D eigenvalue weighted by Gasteiger charge is 2.30. The van der Waals surface area contributed by atoms with Crippen LogP contribution in [0.4, 0.5) is 14.6 Å². The lowest BCUT2D eigenvalue weighted by molar-refractivity contribution is 0.560. The molecule has 0 amide bonds. The molecule has 0 spiro atoms. The van der Waals surface area contributed by atoms with Gasteiger partial charge in [0, 0.05) is 29.3 Å². The van der Waals surface area contributed by atoms with Crippen LogP contribution in [0, 0.1) is 11.6 Å². The Morgan fingerprint density at radius 2 is 1.89 bits per heavy atom. The van der Waals surface area contributed by atoms with Crippen molar-refractivity contribution < 1.29 is 8.78 Å². The van der Waals surface area contributed by atoms with Crippen LogP contribution in [0.25, 0.3) is 39.3 Å². The van der Waals surface area contributed by atoms with E-state index in [4.69, 9.17) is 4.98 Å². The van der Waals surface area contributed by atoms with Crippen molar-refractivity contribution in [2.45, 2.75) is 18.9 Å². The first-order valence-electron chi connectivity index (χ1n) is 11.6. The molecule has 1 fully saturated rings. The van der Waals surface area contributed by atoms with Crippen molar-refractivity contribution in [3.8, 4) is 22.8 Å². The number of nitrogens with zero attached hydrogens (tertiary/aromatic N) is 7. The Kier molecular flexibility index (Phi) is 4.56. The van der Waals surface area contributed by atoms with Crippen molar-refractivity contribution in [3.63, 3.8) is 0 Å². The molecule has 1 aliphatic heterocycles. The van der Waals surface area contributed by atoms with Gasteiger partial charge in [0.1, 0.15) is 17.5 Å². The Morgan fingerprint density at radius 1 is 0.972 bits per heavy atom. The van der Waals surface area contributed by atoms with Gasteiger partial charge in [0.15, 0.2) is 17.3 Å². The van der Waals surface area contributed by atoms with Gasteiger partial charge in [0.25, 0.3) is 0 Å². The summed E-state index contributed by atoms with van der Waals surface area (Å²) in [5, 5.41) is 21.1. The van der Waals surface area contributed by atoms with Gasteiger partial charge in [-0.1, -0.05) is 12.1 Å². The van der Waals surface area contributed by atoms with Gasteiger partial charge in [-0.25, -0.2) is 18.3 Å². The van der Waals surface area contributed by atoms with E-state index in [1.165, 1.54) is 12.1 Å². The maximum Gasteiger partial charge on any atom is 0.168 e. The van der Waals surface area contributed by atoms with Gasteiger partial charge in [0.05, 0.1) is 29.5 Å². The second kappa shape index (κ2) is 7.94. The van der Waals surface area contributed by atoms with Crippen molar-refractivity contribution in [1.29, 1.82) is 0 Å². The number of halogens is 2. The van der Waals surface area contributed by atoms with Crippen LogP contribution in [-0.2, 0) is 0 Å². The van der Waals surface area contributed by atoms with Crippen LogP contribution in [0.3, 0.4) is 0 Å². The molecule has 2 N–H and O–H groups in total. The van der Waals surface area contributed by atoms with E-state index in [9.17, 15) is 8.78 Å². The lowest BCUT2D eigenvalue weighted by Gasteiger charge is -2.26. The van der Waals surface area contributed by atoms with E-state index in [-0.39, 0.29) is 6.04 Å². The highest BCUT2D eigenvalue weighted by atomic mass is 19.1. The molecule has 5 heterocycles. The molecule has 178 valence electrons. The summed E-state index contributed by atoms with van der Waals surface area (Å²) in [6, 6.07) is 11.0. The van der Waals surface area contributed by atoms with Gasteiger partial charge in [-0.05, 0) is 43.2 Å². The van der Waals surface area contributed by atoms with Gasteiger partial charge in [-0.3, -0.25) is 5.10 Å². The fraction of sp³-hybridized carbons (Fsp3) is 0.160. The van der Waals surface area contributed by atoms with Crippen LogP contribution < -0.4 is 4.90 Å². The van der Waals surface area contributed by atoms with E-state index in [1.807, 2.05) is 35.4 Å². The molecule has 0 radical (unpaired) electrons. The summed E-state index contributed by atoms with van der Waals surface area (Å²) in [5.41, 5.74) is 3.39. The first kappa shape index (κ1) is 20.7. The average molecular weight is 483 g/mol. The Balaban J connectivity index is 1.25. The highest BCUT2D eigenvalue weighted by molar-refractivity contribution is 5.83. The number of benzene rings is 2. The Labute approximate surface area is 202 Å². The predicted molar refractivity (Wildman–Crippen MR) is 129 cm³/mol. The first-order chi connectivity index (χ1) is 17.6. The summed E-state index contributed by atoms with van der Waals surface area (Å²) in [6.45, 7) is 0.690. The number of rotatable bonds is 4. The summed E-state index contributed by atoms with van der Waals surface area (Å²) >= 11 is 0. The molecule has 2 aromatic carbocycles. The average Bonchev–Trinajstić information content (AvgIpc) is 3.70. The number of H-pyrrole nitrogens is 2. The van der Waals surface area contributed by atoms with Crippen LogP contribution in [0.15, 0.2) is 61.1 Å². The zero-order chi connectivity index (χ0) is 24.2. The number of aromatic amines is 2. The fourth-order valence-corrected chi connectivity index (χ4v) is 4.92. The third-order valence-electron chi connectivity index (χ3n) is 6.68. The zero-order valence-electron chi connectivity index (χ0n) is 18.9. The van der Waals surface area contributed by atoms with E-state index in [1.54, 1.807) is 16.9 Å². The maximum absolute atomic E-state index is 14.6. The molecular weight excluding hydrogens is 464 g/mol. The number of fused-ring (bicyclic) bond motifs is 2. The van der Waals surface area contributed by atoms with Crippen LogP contribution >= 0.6 is 0 Å². The van der Waals surface area contributed by atoms with E-state index in [0.29, 0.717) is 47.2 Å². The van der Waals surface area contributed by atoms with Crippen LogP contribution in [0.1, 0.15) is 24.4 Å². The number of nitrogens with one attached hydrogen (secondary N) is 2. The number of hydrogen-bond donors (Lipinski definition) is 2. The molecule has 1 atom stereocenters. The monoisotopic (exact) mass is 483 g/mol. The summed E-state index contributed by atoms with van der Waals surface area (Å²) in [6.07, 6.45) is 6.82. The highest BCUT2D eigenvalue weighted by Crippen LogP contribution is 2.37. The van der Waals surface area contributed by atoms with E-state index in [2.05, 4.69) is 30.5 Å².